The fourth-order valence-electron chi connectivity index (χ4n) is 4.08. The Morgan fingerprint density at radius 3 is 2.70 bits per heavy atom. The van der Waals surface area contributed by atoms with E-state index in [1.807, 2.05) is 4.68 Å². The van der Waals surface area contributed by atoms with Crippen LogP contribution in [0.2, 0.25) is 0 Å². The summed E-state index contributed by atoms with van der Waals surface area (Å²) in [4.78, 5) is 0. The number of aromatic nitrogens is 2. The molecule has 2 atom stereocenters. The first-order valence-corrected chi connectivity index (χ1v) is 7.64. The highest BCUT2D eigenvalue weighted by Crippen LogP contribution is 2.50. The van der Waals surface area contributed by atoms with Gasteiger partial charge in [0.15, 0.2) is 5.75 Å². The van der Waals surface area contributed by atoms with Gasteiger partial charge in [-0.25, -0.2) is 0 Å². The second-order valence-corrected chi connectivity index (χ2v) is 7.17. The van der Waals surface area contributed by atoms with Gasteiger partial charge in [0.05, 0.1) is 13.3 Å². The zero-order valence-electron chi connectivity index (χ0n) is 13.4. The maximum absolute atomic E-state index is 11.3. The van der Waals surface area contributed by atoms with E-state index >= 15 is 0 Å². The molecule has 0 aromatic carbocycles. The second-order valence-electron chi connectivity index (χ2n) is 7.17. The summed E-state index contributed by atoms with van der Waals surface area (Å²) in [7, 11) is 1.65. The fraction of sp³-hybridized carbons (Fsp3) is 0.812. The molecule has 2 unspecified atom stereocenters. The van der Waals surface area contributed by atoms with Crippen molar-refractivity contribution in [3.05, 3.63) is 11.9 Å². The van der Waals surface area contributed by atoms with Crippen LogP contribution in [0.15, 0.2) is 6.20 Å². The molecular weight excluding hydrogens is 252 g/mol. The van der Waals surface area contributed by atoms with Crippen molar-refractivity contribution in [3.8, 4) is 5.75 Å². The highest BCUT2D eigenvalue weighted by Gasteiger charge is 2.46. The van der Waals surface area contributed by atoms with Crippen LogP contribution in [0, 0.1) is 11.3 Å². The topological polar surface area (TPSA) is 47.3 Å². The first kappa shape index (κ1) is 15.4. The molecule has 1 aromatic heterocycles. The lowest BCUT2D eigenvalue weighted by atomic mass is 9.64. The molecular formula is C16H28N2O2. The van der Waals surface area contributed by atoms with Crippen molar-refractivity contribution < 1.29 is 9.84 Å². The maximum Gasteiger partial charge on any atom is 0.162 e. The van der Waals surface area contributed by atoms with Gasteiger partial charge < -0.3 is 9.84 Å². The number of hydrogen-bond donors (Lipinski definition) is 1. The van der Waals surface area contributed by atoms with Crippen LogP contribution < -0.4 is 4.74 Å². The minimum absolute atomic E-state index is 0.138. The molecule has 0 amide bonds. The van der Waals surface area contributed by atoms with Crippen LogP contribution in [-0.2, 0) is 12.1 Å². The first-order chi connectivity index (χ1) is 9.31. The van der Waals surface area contributed by atoms with Crippen LogP contribution in [0.4, 0.5) is 0 Å². The summed E-state index contributed by atoms with van der Waals surface area (Å²) < 4.78 is 7.37. The lowest BCUT2D eigenvalue weighted by Gasteiger charge is -2.44. The molecule has 1 fully saturated rings. The van der Waals surface area contributed by atoms with Crippen molar-refractivity contribution >= 4 is 0 Å². The molecule has 0 aliphatic heterocycles. The highest BCUT2D eigenvalue weighted by atomic mass is 16.5. The van der Waals surface area contributed by atoms with Crippen molar-refractivity contribution in [1.82, 2.24) is 9.78 Å². The Labute approximate surface area is 122 Å². The molecule has 0 radical (unpaired) electrons. The van der Waals surface area contributed by atoms with Crippen LogP contribution >= 0.6 is 0 Å². The molecule has 1 aliphatic carbocycles. The van der Waals surface area contributed by atoms with Crippen molar-refractivity contribution in [2.75, 3.05) is 7.11 Å². The average Bonchev–Trinajstić information content (AvgIpc) is 2.69. The van der Waals surface area contributed by atoms with Crippen molar-refractivity contribution in [1.29, 1.82) is 0 Å². The predicted octanol–water partition coefficient (Wildman–Crippen LogP) is 3.34. The lowest BCUT2D eigenvalue weighted by molar-refractivity contribution is -0.0707. The Bertz CT molecular complexity index is 467. The first-order valence-electron chi connectivity index (χ1n) is 7.64. The Morgan fingerprint density at radius 1 is 1.45 bits per heavy atom. The SMILES string of the molecule is CCCn1ncc(OC)c1C1(O)CC(C)CC(C)(C)C1. The summed E-state index contributed by atoms with van der Waals surface area (Å²) in [6, 6.07) is 0. The molecule has 1 saturated carbocycles. The van der Waals surface area contributed by atoms with Crippen molar-refractivity contribution in [2.24, 2.45) is 11.3 Å². The van der Waals surface area contributed by atoms with E-state index in [1.165, 1.54) is 0 Å². The Kier molecular flexibility index (Phi) is 4.14. The number of methoxy groups -OCH3 is 1. The maximum atomic E-state index is 11.3. The normalized spacial score (nSPS) is 29.4. The molecule has 0 bridgehead atoms. The van der Waals surface area contributed by atoms with Gasteiger partial charge in [-0.3, -0.25) is 4.68 Å². The number of rotatable bonds is 4. The number of nitrogens with zero attached hydrogens (tertiary/aromatic N) is 2. The molecule has 4 heteroatoms. The van der Waals surface area contributed by atoms with Gasteiger partial charge in [0.25, 0.3) is 0 Å². The number of aryl methyl sites for hydroxylation is 1. The Morgan fingerprint density at radius 2 is 2.15 bits per heavy atom. The van der Waals surface area contributed by atoms with Gasteiger partial charge in [0.2, 0.25) is 0 Å². The minimum Gasteiger partial charge on any atom is -0.493 e. The lowest BCUT2D eigenvalue weighted by Crippen LogP contribution is -2.41. The number of aliphatic hydroxyl groups is 1. The molecule has 0 spiro atoms. The third-order valence-electron chi connectivity index (χ3n) is 4.26. The van der Waals surface area contributed by atoms with Gasteiger partial charge in [0, 0.05) is 6.54 Å². The molecule has 4 nitrogen and oxygen atoms in total. The summed E-state index contributed by atoms with van der Waals surface area (Å²) in [5, 5.41) is 15.7. The van der Waals surface area contributed by atoms with Crippen LogP contribution in [0.3, 0.4) is 0 Å². The third kappa shape index (κ3) is 2.85. The van der Waals surface area contributed by atoms with Gasteiger partial charge in [-0.2, -0.15) is 5.10 Å². The van der Waals surface area contributed by atoms with Gasteiger partial charge in [-0.15, -0.1) is 0 Å². The monoisotopic (exact) mass is 280 g/mol. The largest absolute Gasteiger partial charge is 0.493 e. The highest BCUT2D eigenvalue weighted by molar-refractivity contribution is 5.32. The van der Waals surface area contributed by atoms with E-state index in [1.54, 1.807) is 13.3 Å². The summed E-state index contributed by atoms with van der Waals surface area (Å²) in [6.07, 6.45) is 5.42. The zero-order chi connectivity index (χ0) is 15.0. The van der Waals surface area contributed by atoms with Crippen molar-refractivity contribution in [2.45, 2.75) is 65.5 Å². The molecule has 0 saturated heterocycles. The molecule has 20 heavy (non-hydrogen) atoms. The van der Waals surface area contributed by atoms with E-state index in [-0.39, 0.29) is 5.41 Å². The van der Waals surface area contributed by atoms with Gasteiger partial charge in [-0.1, -0.05) is 27.7 Å². The summed E-state index contributed by atoms with van der Waals surface area (Å²) >= 11 is 0. The summed E-state index contributed by atoms with van der Waals surface area (Å²) in [6.45, 7) is 9.63. The summed E-state index contributed by atoms with van der Waals surface area (Å²) in [5.74, 6) is 1.21. The van der Waals surface area contributed by atoms with Gasteiger partial charge in [0.1, 0.15) is 11.3 Å². The van der Waals surface area contributed by atoms with Crippen molar-refractivity contribution in [3.63, 3.8) is 0 Å². The van der Waals surface area contributed by atoms with Gasteiger partial charge in [-0.05, 0) is 37.0 Å². The molecule has 2 rings (SSSR count). The van der Waals surface area contributed by atoms with E-state index in [0.717, 1.165) is 37.9 Å². The van der Waals surface area contributed by atoms with E-state index in [4.69, 9.17) is 4.74 Å². The molecule has 1 aromatic rings. The standard InChI is InChI=1S/C16H28N2O2/c1-6-7-18-14(13(20-5)10-17-18)16(19)9-12(2)8-15(3,4)11-16/h10,12,19H,6-9,11H2,1-5H3. The van der Waals surface area contributed by atoms with E-state index < -0.39 is 5.60 Å². The number of hydrogen-bond acceptors (Lipinski definition) is 3. The fourth-order valence-corrected chi connectivity index (χ4v) is 4.08. The van der Waals surface area contributed by atoms with E-state index in [0.29, 0.717) is 11.7 Å². The third-order valence-corrected chi connectivity index (χ3v) is 4.26. The quantitative estimate of drug-likeness (QED) is 0.920. The average molecular weight is 280 g/mol. The molecule has 1 N–H and O–H groups in total. The molecule has 114 valence electrons. The van der Waals surface area contributed by atoms with Gasteiger partial charge >= 0.3 is 0 Å². The Balaban J connectivity index is 2.44. The minimum atomic E-state index is -0.835. The molecule has 1 aliphatic rings. The molecule has 1 heterocycles. The van der Waals surface area contributed by atoms with Crippen LogP contribution in [0.5, 0.6) is 5.75 Å². The smallest absolute Gasteiger partial charge is 0.162 e. The summed E-state index contributed by atoms with van der Waals surface area (Å²) in [5.41, 5.74) is 0.165. The van der Waals surface area contributed by atoms with E-state index in [2.05, 4.69) is 32.8 Å². The van der Waals surface area contributed by atoms with Crippen LogP contribution in [0.1, 0.15) is 59.1 Å². The zero-order valence-corrected chi connectivity index (χ0v) is 13.4. The number of ether oxygens (including phenoxy) is 1. The second kappa shape index (κ2) is 5.40. The van der Waals surface area contributed by atoms with E-state index in [9.17, 15) is 5.11 Å². The predicted molar refractivity (Wildman–Crippen MR) is 79.8 cm³/mol. The van der Waals surface area contributed by atoms with Crippen LogP contribution in [-0.4, -0.2) is 22.0 Å². The van der Waals surface area contributed by atoms with Crippen LogP contribution in [0.25, 0.3) is 0 Å². The Hall–Kier alpha value is -1.03.